The molecular formula is C13H16N2O. The van der Waals surface area contributed by atoms with Crippen molar-refractivity contribution in [2.45, 2.75) is 32.2 Å². The number of hydrogen-bond donors (Lipinski definition) is 1. The number of fused-ring (bicyclic) bond motifs is 1. The van der Waals surface area contributed by atoms with Crippen LogP contribution in [0.2, 0.25) is 0 Å². The molecule has 1 aliphatic rings. The minimum Gasteiger partial charge on any atom is -0.440 e. The maximum atomic E-state index is 5.75. The Labute approximate surface area is 94.9 Å². The predicted molar refractivity (Wildman–Crippen MR) is 63.5 cm³/mol. The molecule has 16 heavy (non-hydrogen) atoms. The van der Waals surface area contributed by atoms with Crippen molar-refractivity contribution in [3.8, 4) is 0 Å². The second-order valence-corrected chi connectivity index (χ2v) is 4.51. The number of hydrogen-bond acceptors (Lipinski definition) is 3. The highest BCUT2D eigenvalue weighted by molar-refractivity contribution is 5.75. The van der Waals surface area contributed by atoms with E-state index in [0.29, 0.717) is 0 Å². The van der Waals surface area contributed by atoms with Crippen LogP contribution in [0.5, 0.6) is 0 Å². The molecule has 0 radical (unpaired) electrons. The van der Waals surface area contributed by atoms with Gasteiger partial charge in [0, 0.05) is 19.0 Å². The number of rotatable bonds is 4. The van der Waals surface area contributed by atoms with Crippen molar-refractivity contribution >= 4 is 11.1 Å². The first kappa shape index (κ1) is 9.85. The molecule has 1 aliphatic carbocycles. The van der Waals surface area contributed by atoms with E-state index in [0.717, 1.165) is 41.6 Å². The maximum Gasteiger partial charge on any atom is 0.196 e. The van der Waals surface area contributed by atoms with Crippen LogP contribution in [0, 0.1) is 6.92 Å². The fraction of sp³-hybridized carbons (Fsp3) is 0.462. The Balaban J connectivity index is 1.73. The summed E-state index contributed by atoms with van der Waals surface area (Å²) >= 11 is 0. The van der Waals surface area contributed by atoms with Gasteiger partial charge in [0.1, 0.15) is 5.52 Å². The van der Waals surface area contributed by atoms with E-state index in [-0.39, 0.29) is 0 Å². The Morgan fingerprint density at radius 3 is 3.06 bits per heavy atom. The standard InChI is InChI=1S/C13H16N2O/c1-9-3-2-4-11-13(9)16-12(15-11)7-8-14-10-5-6-10/h2-4,10,14H,5-8H2,1H3. The van der Waals surface area contributed by atoms with Gasteiger partial charge in [-0.2, -0.15) is 0 Å². The summed E-state index contributed by atoms with van der Waals surface area (Å²) in [5.41, 5.74) is 3.07. The fourth-order valence-electron chi connectivity index (χ4n) is 1.91. The van der Waals surface area contributed by atoms with E-state index >= 15 is 0 Å². The van der Waals surface area contributed by atoms with Crippen LogP contribution < -0.4 is 5.32 Å². The van der Waals surface area contributed by atoms with Crippen LogP contribution in [0.3, 0.4) is 0 Å². The molecule has 0 bridgehead atoms. The minimum absolute atomic E-state index is 0.756. The molecule has 1 aromatic heterocycles. The molecule has 0 spiro atoms. The molecule has 0 unspecified atom stereocenters. The van der Waals surface area contributed by atoms with Gasteiger partial charge in [0.2, 0.25) is 0 Å². The molecule has 0 amide bonds. The third kappa shape index (κ3) is 1.95. The molecule has 1 aromatic carbocycles. The summed E-state index contributed by atoms with van der Waals surface area (Å²) in [6.07, 6.45) is 3.53. The number of benzene rings is 1. The molecule has 1 heterocycles. The molecule has 0 atom stereocenters. The molecule has 3 nitrogen and oxygen atoms in total. The summed E-state index contributed by atoms with van der Waals surface area (Å²) < 4.78 is 5.75. The third-order valence-electron chi connectivity index (χ3n) is 3.01. The van der Waals surface area contributed by atoms with Crippen LogP contribution in [-0.2, 0) is 6.42 Å². The molecule has 2 aromatic rings. The van der Waals surface area contributed by atoms with E-state index in [1.165, 1.54) is 12.8 Å². The molecule has 84 valence electrons. The number of nitrogens with one attached hydrogen (secondary N) is 1. The zero-order valence-electron chi connectivity index (χ0n) is 9.49. The van der Waals surface area contributed by atoms with Crippen LogP contribution in [-0.4, -0.2) is 17.6 Å². The quantitative estimate of drug-likeness (QED) is 0.853. The lowest BCUT2D eigenvalue weighted by molar-refractivity contribution is 0.513. The lowest BCUT2D eigenvalue weighted by Crippen LogP contribution is -2.19. The smallest absolute Gasteiger partial charge is 0.196 e. The van der Waals surface area contributed by atoms with Crippen molar-refractivity contribution in [3.05, 3.63) is 29.7 Å². The number of aryl methyl sites for hydroxylation is 1. The SMILES string of the molecule is Cc1cccc2nc(CCNC3CC3)oc12. The first-order valence-electron chi connectivity index (χ1n) is 5.91. The highest BCUT2D eigenvalue weighted by Crippen LogP contribution is 2.20. The van der Waals surface area contributed by atoms with Gasteiger partial charge in [-0.3, -0.25) is 0 Å². The van der Waals surface area contributed by atoms with E-state index in [4.69, 9.17) is 4.42 Å². The molecule has 0 saturated heterocycles. The van der Waals surface area contributed by atoms with Crippen molar-refractivity contribution in [3.63, 3.8) is 0 Å². The third-order valence-corrected chi connectivity index (χ3v) is 3.01. The lowest BCUT2D eigenvalue weighted by atomic mass is 10.2. The van der Waals surface area contributed by atoms with Crippen LogP contribution in [0.25, 0.3) is 11.1 Å². The second-order valence-electron chi connectivity index (χ2n) is 4.51. The topological polar surface area (TPSA) is 38.1 Å². The van der Waals surface area contributed by atoms with Crippen LogP contribution in [0.15, 0.2) is 22.6 Å². The lowest BCUT2D eigenvalue weighted by Gasteiger charge is -1.97. The Bertz CT molecular complexity index is 500. The van der Waals surface area contributed by atoms with Gasteiger partial charge in [-0.15, -0.1) is 0 Å². The largest absolute Gasteiger partial charge is 0.440 e. The van der Waals surface area contributed by atoms with E-state index in [1.54, 1.807) is 0 Å². The van der Waals surface area contributed by atoms with E-state index in [1.807, 2.05) is 12.1 Å². The Morgan fingerprint density at radius 2 is 2.31 bits per heavy atom. The molecular weight excluding hydrogens is 200 g/mol. The van der Waals surface area contributed by atoms with Crippen LogP contribution >= 0.6 is 0 Å². The summed E-state index contributed by atoms with van der Waals surface area (Å²) in [6, 6.07) is 6.83. The Kier molecular flexibility index (Phi) is 2.40. The van der Waals surface area contributed by atoms with Crippen LogP contribution in [0.4, 0.5) is 0 Å². The van der Waals surface area contributed by atoms with Gasteiger partial charge in [-0.1, -0.05) is 12.1 Å². The summed E-state index contributed by atoms with van der Waals surface area (Å²) in [7, 11) is 0. The first-order chi connectivity index (χ1) is 7.83. The van der Waals surface area contributed by atoms with Gasteiger partial charge in [0.05, 0.1) is 0 Å². The monoisotopic (exact) mass is 216 g/mol. The van der Waals surface area contributed by atoms with E-state index < -0.39 is 0 Å². The van der Waals surface area contributed by atoms with Gasteiger partial charge in [0.15, 0.2) is 11.5 Å². The number of aromatic nitrogens is 1. The molecule has 1 fully saturated rings. The van der Waals surface area contributed by atoms with Crippen LogP contribution in [0.1, 0.15) is 24.3 Å². The highest BCUT2D eigenvalue weighted by Gasteiger charge is 2.20. The normalized spacial score (nSPS) is 15.8. The van der Waals surface area contributed by atoms with Crippen molar-refractivity contribution in [1.82, 2.24) is 10.3 Å². The van der Waals surface area contributed by atoms with Gasteiger partial charge in [-0.05, 0) is 31.4 Å². The molecule has 3 heteroatoms. The summed E-state index contributed by atoms with van der Waals surface area (Å²) in [4.78, 5) is 4.48. The minimum atomic E-state index is 0.756. The van der Waals surface area contributed by atoms with Crippen molar-refractivity contribution in [1.29, 1.82) is 0 Å². The Hall–Kier alpha value is -1.35. The van der Waals surface area contributed by atoms with Crippen molar-refractivity contribution < 1.29 is 4.42 Å². The van der Waals surface area contributed by atoms with E-state index in [9.17, 15) is 0 Å². The number of para-hydroxylation sites is 1. The Morgan fingerprint density at radius 1 is 1.44 bits per heavy atom. The molecule has 3 rings (SSSR count). The first-order valence-corrected chi connectivity index (χ1v) is 5.91. The maximum absolute atomic E-state index is 5.75. The zero-order valence-corrected chi connectivity index (χ0v) is 9.49. The van der Waals surface area contributed by atoms with Crippen molar-refractivity contribution in [2.24, 2.45) is 0 Å². The van der Waals surface area contributed by atoms with Gasteiger partial charge >= 0.3 is 0 Å². The predicted octanol–water partition coefficient (Wildman–Crippen LogP) is 2.43. The van der Waals surface area contributed by atoms with Gasteiger partial charge in [-0.25, -0.2) is 4.98 Å². The van der Waals surface area contributed by atoms with Crippen molar-refractivity contribution in [2.75, 3.05) is 6.54 Å². The summed E-state index contributed by atoms with van der Waals surface area (Å²) in [5, 5.41) is 3.46. The summed E-state index contributed by atoms with van der Waals surface area (Å²) in [5.74, 6) is 0.845. The molecule has 1 saturated carbocycles. The number of nitrogens with zero attached hydrogens (tertiary/aromatic N) is 1. The number of oxazole rings is 1. The molecule has 0 aliphatic heterocycles. The zero-order chi connectivity index (χ0) is 11.0. The fourth-order valence-corrected chi connectivity index (χ4v) is 1.91. The highest BCUT2D eigenvalue weighted by atomic mass is 16.3. The van der Waals surface area contributed by atoms with E-state index in [2.05, 4.69) is 23.3 Å². The summed E-state index contributed by atoms with van der Waals surface area (Å²) in [6.45, 7) is 3.02. The average Bonchev–Trinajstić information content (AvgIpc) is 2.98. The average molecular weight is 216 g/mol. The van der Waals surface area contributed by atoms with Gasteiger partial charge in [0.25, 0.3) is 0 Å². The molecule has 1 N–H and O–H groups in total. The second kappa shape index (κ2) is 3.91. The van der Waals surface area contributed by atoms with Gasteiger partial charge < -0.3 is 9.73 Å².